The Balaban J connectivity index is 0.00000450. The number of nitrogens with one attached hydrogen (secondary N) is 2. The molecule has 2 N–H and O–H groups in total. The van der Waals surface area contributed by atoms with Crippen LogP contribution in [0.3, 0.4) is 0 Å². The minimum atomic E-state index is 0. The second-order valence-electron chi connectivity index (χ2n) is 7.13. The molecule has 1 aromatic heterocycles. The molecular weight excluding hydrogens is 493 g/mol. The van der Waals surface area contributed by atoms with Crippen LogP contribution in [-0.2, 0) is 13.0 Å². The van der Waals surface area contributed by atoms with Crippen LogP contribution >= 0.6 is 24.0 Å². The maximum absolute atomic E-state index is 6.03. The number of guanidine groups is 1. The number of aryl methyl sites for hydroxylation is 3. The molecule has 0 aliphatic heterocycles. The molecule has 0 fully saturated rings. The van der Waals surface area contributed by atoms with E-state index < -0.39 is 0 Å². The number of aliphatic imine (C=N–C) groups is 1. The Morgan fingerprint density at radius 3 is 2.67 bits per heavy atom. The fraction of sp³-hybridized carbons (Fsp3) is 0.591. The van der Waals surface area contributed by atoms with Gasteiger partial charge < -0.3 is 19.9 Å². The lowest BCUT2D eigenvalue weighted by Crippen LogP contribution is -2.37. The van der Waals surface area contributed by atoms with Crippen LogP contribution in [0.4, 0.5) is 0 Å². The van der Waals surface area contributed by atoms with Crippen LogP contribution in [0.5, 0.6) is 5.75 Å². The molecule has 0 unspecified atom stereocenters. The lowest BCUT2D eigenvalue weighted by atomic mass is 10.1. The molecule has 30 heavy (non-hydrogen) atoms. The van der Waals surface area contributed by atoms with E-state index in [0.29, 0.717) is 18.3 Å². The highest BCUT2D eigenvalue weighted by molar-refractivity contribution is 14.0. The first-order valence-electron chi connectivity index (χ1n) is 10.7. The normalized spacial score (nSPS) is 11.1. The van der Waals surface area contributed by atoms with Crippen LogP contribution in [0.25, 0.3) is 0 Å². The largest absolute Gasteiger partial charge is 0.493 e. The highest BCUT2D eigenvalue weighted by Crippen LogP contribution is 2.21. The fourth-order valence-corrected chi connectivity index (χ4v) is 2.85. The highest BCUT2D eigenvalue weighted by atomic mass is 127. The molecule has 0 saturated carbocycles. The third-order valence-corrected chi connectivity index (χ3v) is 4.41. The van der Waals surface area contributed by atoms with E-state index in [2.05, 4.69) is 59.7 Å². The number of ether oxygens (including phenoxy) is 1. The molecule has 2 rings (SSSR count). The Morgan fingerprint density at radius 2 is 1.97 bits per heavy atom. The molecule has 0 aliphatic rings. The lowest BCUT2D eigenvalue weighted by molar-refractivity contribution is 0.303. The number of hydrogen-bond donors (Lipinski definition) is 2. The van der Waals surface area contributed by atoms with Crippen LogP contribution in [0.1, 0.15) is 62.4 Å². The molecule has 1 heterocycles. The van der Waals surface area contributed by atoms with Gasteiger partial charge in [0.1, 0.15) is 5.75 Å². The van der Waals surface area contributed by atoms with Gasteiger partial charge in [0.2, 0.25) is 5.89 Å². The van der Waals surface area contributed by atoms with Crippen molar-refractivity contribution in [2.24, 2.45) is 4.99 Å². The van der Waals surface area contributed by atoms with Gasteiger partial charge in [-0.3, -0.25) is 0 Å². The fourth-order valence-electron chi connectivity index (χ4n) is 2.85. The Morgan fingerprint density at radius 1 is 1.13 bits per heavy atom. The predicted molar refractivity (Wildman–Crippen MR) is 132 cm³/mol. The summed E-state index contributed by atoms with van der Waals surface area (Å²) in [6.45, 7) is 11.1. The molecule has 0 bridgehead atoms. The first-order chi connectivity index (χ1) is 14.1. The van der Waals surface area contributed by atoms with Crippen molar-refractivity contribution in [1.82, 2.24) is 20.8 Å². The zero-order chi connectivity index (χ0) is 20.9. The van der Waals surface area contributed by atoms with Gasteiger partial charge in [-0.05, 0) is 45.2 Å². The second-order valence-corrected chi connectivity index (χ2v) is 7.13. The lowest BCUT2D eigenvalue weighted by Gasteiger charge is -2.13. The van der Waals surface area contributed by atoms with Crippen molar-refractivity contribution < 1.29 is 9.26 Å². The molecule has 0 amide bonds. The number of halogens is 1. The van der Waals surface area contributed by atoms with Crippen molar-refractivity contribution in [2.75, 3.05) is 19.7 Å². The van der Waals surface area contributed by atoms with E-state index in [4.69, 9.17) is 14.3 Å². The van der Waals surface area contributed by atoms with Gasteiger partial charge >= 0.3 is 0 Å². The molecule has 0 saturated heterocycles. The van der Waals surface area contributed by atoms with Gasteiger partial charge in [-0.15, -0.1) is 24.0 Å². The Bertz CT molecular complexity index is 764. The minimum absolute atomic E-state index is 0. The van der Waals surface area contributed by atoms with Gasteiger partial charge in [-0.2, -0.15) is 4.98 Å². The van der Waals surface area contributed by atoms with E-state index in [0.717, 1.165) is 56.2 Å². The van der Waals surface area contributed by atoms with Crippen molar-refractivity contribution in [3.63, 3.8) is 0 Å². The smallest absolute Gasteiger partial charge is 0.226 e. The molecule has 0 radical (unpaired) electrons. The average molecular weight is 529 g/mol. The molecule has 0 spiro atoms. The third kappa shape index (κ3) is 9.77. The number of rotatable bonds is 12. The molecule has 168 valence electrons. The van der Waals surface area contributed by atoms with Crippen molar-refractivity contribution >= 4 is 29.9 Å². The van der Waals surface area contributed by atoms with E-state index in [9.17, 15) is 0 Å². The van der Waals surface area contributed by atoms with Gasteiger partial charge in [0, 0.05) is 25.1 Å². The van der Waals surface area contributed by atoms with Crippen LogP contribution in [0, 0.1) is 13.8 Å². The summed E-state index contributed by atoms with van der Waals surface area (Å²) in [5, 5.41) is 10.5. The third-order valence-electron chi connectivity index (χ3n) is 4.41. The Hall–Kier alpha value is -1.84. The molecule has 0 atom stereocenters. The minimum Gasteiger partial charge on any atom is -0.493 e. The highest BCUT2D eigenvalue weighted by Gasteiger charge is 2.06. The Labute approximate surface area is 197 Å². The summed E-state index contributed by atoms with van der Waals surface area (Å²) >= 11 is 0. The van der Waals surface area contributed by atoms with E-state index in [1.165, 1.54) is 18.4 Å². The zero-order valence-corrected chi connectivity index (χ0v) is 21.0. The van der Waals surface area contributed by atoms with Gasteiger partial charge in [-0.25, -0.2) is 4.99 Å². The summed E-state index contributed by atoms with van der Waals surface area (Å²) in [4.78, 5) is 8.96. The maximum atomic E-state index is 6.03. The summed E-state index contributed by atoms with van der Waals surface area (Å²) in [6, 6.07) is 6.31. The average Bonchev–Trinajstić information content (AvgIpc) is 3.12. The van der Waals surface area contributed by atoms with Crippen LogP contribution < -0.4 is 15.4 Å². The number of aromatic nitrogens is 2. The van der Waals surface area contributed by atoms with E-state index in [1.807, 2.05) is 6.92 Å². The van der Waals surface area contributed by atoms with Gasteiger partial charge in [0.25, 0.3) is 0 Å². The van der Waals surface area contributed by atoms with E-state index in [-0.39, 0.29) is 24.0 Å². The first-order valence-corrected chi connectivity index (χ1v) is 10.7. The number of benzene rings is 1. The molecule has 7 nitrogen and oxygen atoms in total. The predicted octanol–water partition coefficient (Wildman–Crippen LogP) is 4.56. The Kier molecular flexibility index (Phi) is 13.1. The summed E-state index contributed by atoms with van der Waals surface area (Å²) < 4.78 is 11.2. The van der Waals surface area contributed by atoms with Gasteiger partial charge in [0.05, 0.1) is 13.2 Å². The monoisotopic (exact) mass is 529 g/mol. The van der Waals surface area contributed by atoms with Crippen molar-refractivity contribution in [2.45, 2.75) is 66.3 Å². The van der Waals surface area contributed by atoms with E-state index in [1.54, 1.807) is 0 Å². The van der Waals surface area contributed by atoms with Crippen molar-refractivity contribution in [3.8, 4) is 5.75 Å². The standard InChI is InChI=1S/C22H35N5O2.HI/c1-5-7-8-14-28-20-15-17(3)11-12-19(20)16-25-22(23-6-2)24-13-9-10-21-26-18(4)27-29-21;/h11-12,15H,5-10,13-14,16H2,1-4H3,(H2,23,24,25);1H. The van der Waals surface area contributed by atoms with E-state index >= 15 is 0 Å². The summed E-state index contributed by atoms with van der Waals surface area (Å²) in [5.41, 5.74) is 2.30. The molecule has 1 aromatic carbocycles. The molecular formula is C22H36IN5O2. The quantitative estimate of drug-likeness (QED) is 0.182. The number of hydrogen-bond acceptors (Lipinski definition) is 5. The van der Waals surface area contributed by atoms with Gasteiger partial charge in [0.15, 0.2) is 11.8 Å². The maximum Gasteiger partial charge on any atom is 0.226 e. The van der Waals surface area contributed by atoms with Crippen LogP contribution in [0.2, 0.25) is 0 Å². The second kappa shape index (κ2) is 15.0. The summed E-state index contributed by atoms with van der Waals surface area (Å²) in [6.07, 6.45) is 5.11. The zero-order valence-electron chi connectivity index (χ0n) is 18.7. The summed E-state index contributed by atoms with van der Waals surface area (Å²) in [5.74, 6) is 3.09. The topological polar surface area (TPSA) is 84.6 Å². The molecule has 8 heteroatoms. The number of unbranched alkanes of at least 4 members (excludes halogenated alkanes) is 2. The van der Waals surface area contributed by atoms with Crippen molar-refractivity contribution in [1.29, 1.82) is 0 Å². The SMILES string of the molecule is CCCCCOc1cc(C)ccc1CN=C(NCC)NCCCc1nc(C)no1.I. The van der Waals surface area contributed by atoms with Crippen LogP contribution in [0.15, 0.2) is 27.7 Å². The van der Waals surface area contributed by atoms with Crippen LogP contribution in [-0.4, -0.2) is 35.8 Å². The first kappa shape index (κ1) is 26.2. The number of nitrogens with zero attached hydrogens (tertiary/aromatic N) is 3. The van der Waals surface area contributed by atoms with Crippen molar-refractivity contribution in [3.05, 3.63) is 41.0 Å². The molecule has 2 aromatic rings. The molecule has 0 aliphatic carbocycles. The summed E-state index contributed by atoms with van der Waals surface area (Å²) in [7, 11) is 0. The van der Waals surface area contributed by atoms with Gasteiger partial charge in [-0.1, -0.05) is 37.1 Å².